The van der Waals surface area contributed by atoms with E-state index in [-0.39, 0.29) is 23.3 Å². The zero-order valence-corrected chi connectivity index (χ0v) is 13.0. The molecule has 1 aromatic heterocycles. The van der Waals surface area contributed by atoms with Crippen molar-refractivity contribution in [2.24, 2.45) is 0 Å². The third-order valence-corrected chi connectivity index (χ3v) is 3.38. The summed E-state index contributed by atoms with van der Waals surface area (Å²) in [5.74, 6) is 1.06. The standard InChI is InChI=1S/C16H20N4O2/c1-4-10(2)19-16(21)13-9-18-15(20-14(13)17)11-6-5-7-12(8-11)22-3/h5-10H,4H2,1-3H3,(H,19,21)(H2,17,18,20). The van der Waals surface area contributed by atoms with E-state index in [4.69, 9.17) is 10.5 Å². The summed E-state index contributed by atoms with van der Waals surface area (Å²) in [6, 6.07) is 7.42. The highest BCUT2D eigenvalue weighted by molar-refractivity contribution is 5.98. The summed E-state index contributed by atoms with van der Waals surface area (Å²) in [6.07, 6.45) is 2.29. The van der Waals surface area contributed by atoms with Crippen molar-refractivity contribution < 1.29 is 9.53 Å². The molecule has 0 fully saturated rings. The largest absolute Gasteiger partial charge is 0.497 e. The molecule has 6 nitrogen and oxygen atoms in total. The van der Waals surface area contributed by atoms with Gasteiger partial charge in [-0.3, -0.25) is 4.79 Å². The number of methoxy groups -OCH3 is 1. The number of amides is 1. The number of carbonyl (C=O) groups excluding carboxylic acids is 1. The zero-order valence-electron chi connectivity index (χ0n) is 13.0. The SMILES string of the molecule is CCC(C)NC(=O)c1cnc(-c2cccc(OC)c2)nc1N. The second-order valence-corrected chi connectivity index (χ2v) is 5.01. The molecule has 1 aromatic carbocycles. The second-order valence-electron chi connectivity index (χ2n) is 5.01. The Balaban J connectivity index is 2.27. The number of nitrogens with one attached hydrogen (secondary N) is 1. The average Bonchev–Trinajstić information content (AvgIpc) is 2.54. The summed E-state index contributed by atoms with van der Waals surface area (Å²) in [4.78, 5) is 20.5. The van der Waals surface area contributed by atoms with Gasteiger partial charge in [-0.1, -0.05) is 19.1 Å². The summed E-state index contributed by atoms with van der Waals surface area (Å²) in [7, 11) is 1.59. The number of rotatable bonds is 5. The Labute approximate surface area is 129 Å². The highest BCUT2D eigenvalue weighted by Gasteiger charge is 2.15. The molecule has 0 aliphatic heterocycles. The smallest absolute Gasteiger partial charge is 0.256 e. The van der Waals surface area contributed by atoms with Crippen LogP contribution in [0.1, 0.15) is 30.6 Å². The van der Waals surface area contributed by atoms with Crippen LogP contribution in [0.2, 0.25) is 0 Å². The first kappa shape index (κ1) is 15.8. The van der Waals surface area contributed by atoms with Crippen molar-refractivity contribution in [2.75, 3.05) is 12.8 Å². The van der Waals surface area contributed by atoms with Crippen molar-refractivity contribution in [1.29, 1.82) is 0 Å². The maximum Gasteiger partial charge on any atom is 0.256 e. The number of anilines is 1. The van der Waals surface area contributed by atoms with E-state index in [1.165, 1.54) is 6.20 Å². The van der Waals surface area contributed by atoms with Gasteiger partial charge in [0, 0.05) is 17.8 Å². The first-order chi connectivity index (χ1) is 10.5. The molecule has 0 radical (unpaired) electrons. The summed E-state index contributed by atoms with van der Waals surface area (Å²) < 4.78 is 5.17. The molecule has 1 heterocycles. The maximum atomic E-state index is 12.1. The molecule has 0 spiro atoms. The van der Waals surface area contributed by atoms with Crippen molar-refractivity contribution in [3.05, 3.63) is 36.0 Å². The van der Waals surface area contributed by atoms with Crippen LogP contribution in [0.4, 0.5) is 5.82 Å². The topological polar surface area (TPSA) is 90.1 Å². The minimum Gasteiger partial charge on any atom is -0.497 e. The molecular weight excluding hydrogens is 280 g/mol. The highest BCUT2D eigenvalue weighted by atomic mass is 16.5. The molecule has 0 bridgehead atoms. The van der Waals surface area contributed by atoms with Gasteiger partial charge in [-0.25, -0.2) is 9.97 Å². The van der Waals surface area contributed by atoms with Crippen molar-refractivity contribution >= 4 is 11.7 Å². The zero-order chi connectivity index (χ0) is 16.1. The van der Waals surface area contributed by atoms with Gasteiger partial charge in [0.2, 0.25) is 0 Å². The van der Waals surface area contributed by atoms with Crippen molar-refractivity contribution in [3.63, 3.8) is 0 Å². The minimum absolute atomic E-state index is 0.0740. The molecule has 3 N–H and O–H groups in total. The molecule has 1 atom stereocenters. The molecule has 116 valence electrons. The van der Waals surface area contributed by atoms with Crippen LogP contribution in [0.5, 0.6) is 5.75 Å². The van der Waals surface area contributed by atoms with Crippen LogP contribution in [-0.4, -0.2) is 29.0 Å². The Morgan fingerprint density at radius 1 is 1.45 bits per heavy atom. The van der Waals surface area contributed by atoms with Crippen molar-refractivity contribution in [2.45, 2.75) is 26.3 Å². The van der Waals surface area contributed by atoms with Gasteiger partial charge in [0.25, 0.3) is 5.91 Å². The molecule has 6 heteroatoms. The van der Waals surface area contributed by atoms with Crippen LogP contribution < -0.4 is 15.8 Å². The van der Waals surface area contributed by atoms with E-state index >= 15 is 0 Å². The predicted octanol–water partition coefficient (Wildman–Crippen LogP) is 2.26. The number of nitrogens with zero attached hydrogens (tertiary/aromatic N) is 2. The molecule has 0 saturated heterocycles. The summed E-state index contributed by atoms with van der Waals surface area (Å²) in [6.45, 7) is 3.93. The van der Waals surface area contributed by atoms with Crippen molar-refractivity contribution in [3.8, 4) is 17.1 Å². The lowest BCUT2D eigenvalue weighted by atomic mass is 10.2. The van der Waals surface area contributed by atoms with Crippen LogP contribution in [0, 0.1) is 0 Å². The van der Waals surface area contributed by atoms with E-state index in [2.05, 4.69) is 15.3 Å². The fourth-order valence-corrected chi connectivity index (χ4v) is 1.87. The van der Waals surface area contributed by atoms with Gasteiger partial charge in [0.15, 0.2) is 5.82 Å². The van der Waals surface area contributed by atoms with Crippen LogP contribution in [0.15, 0.2) is 30.5 Å². The Morgan fingerprint density at radius 2 is 2.23 bits per heavy atom. The molecule has 0 aliphatic rings. The fraction of sp³-hybridized carbons (Fsp3) is 0.312. The molecule has 2 rings (SSSR count). The van der Waals surface area contributed by atoms with Crippen LogP contribution in [-0.2, 0) is 0 Å². The monoisotopic (exact) mass is 300 g/mol. The number of hydrogen-bond donors (Lipinski definition) is 2. The Kier molecular flexibility index (Phi) is 4.93. The lowest BCUT2D eigenvalue weighted by Crippen LogP contribution is -2.32. The number of nitrogen functional groups attached to an aromatic ring is 1. The fourth-order valence-electron chi connectivity index (χ4n) is 1.87. The normalized spacial score (nSPS) is 11.8. The third kappa shape index (κ3) is 3.52. The molecule has 2 aromatic rings. The van der Waals surface area contributed by atoms with Crippen molar-refractivity contribution in [1.82, 2.24) is 15.3 Å². The predicted molar refractivity (Wildman–Crippen MR) is 85.7 cm³/mol. The average molecular weight is 300 g/mol. The first-order valence-electron chi connectivity index (χ1n) is 7.13. The van der Waals surface area contributed by atoms with Gasteiger partial charge in [0.05, 0.1) is 12.7 Å². The molecule has 1 unspecified atom stereocenters. The Morgan fingerprint density at radius 3 is 2.86 bits per heavy atom. The lowest BCUT2D eigenvalue weighted by Gasteiger charge is -2.12. The van der Waals surface area contributed by atoms with Gasteiger partial charge in [-0.2, -0.15) is 0 Å². The summed E-state index contributed by atoms with van der Waals surface area (Å²) in [5.41, 5.74) is 6.97. The summed E-state index contributed by atoms with van der Waals surface area (Å²) in [5, 5.41) is 2.85. The van der Waals surface area contributed by atoms with E-state index in [0.29, 0.717) is 11.6 Å². The maximum absolute atomic E-state index is 12.1. The quantitative estimate of drug-likeness (QED) is 0.884. The summed E-state index contributed by atoms with van der Waals surface area (Å²) >= 11 is 0. The van der Waals surface area contributed by atoms with Gasteiger partial charge >= 0.3 is 0 Å². The highest BCUT2D eigenvalue weighted by Crippen LogP contribution is 2.22. The van der Waals surface area contributed by atoms with E-state index in [1.54, 1.807) is 7.11 Å². The molecular formula is C16H20N4O2. The molecule has 0 aliphatic carbocycles. The lowest BCUT2D eigenvalue weighted by molar-refractivity contribution is 0.0939. The van der Waals surface area contributed by atoms with Gasteiger partial charge in [0.1, 0.15) is 11.6 Å². The van der Waals surface area contributed by atoms with Gasteiger partial charge < -0.3 is 15.8 Å². The van der Waals surface area contributed by atoms with Crippen LogP contribution >= 0.6 is 0 Å². The van der Waals surface area contributed by atoms with Crippen LogP contribution in [0.3, 0.4) is 0 Å². The van der Waals surface area contributed by atoms with E-state index < -0.39 is 0 Å². The number of carbonyl (C=O) groups is 1. The third-order valence-electron chi connectivity index (χ3n) is 3.38. The number of ether oxygens (including phenoxy) is 1. The second kappa shape index (κ2) is 6.89. The molecule has 22 heavy (non-hydrogen) atoms. The number of hydrogen-bond acceptors (Lipinski definition) is 5. The van der Waals surface area contributed by atoms with E-state index in [1.807, 2.05) is 38.1 Å². The van der Waals surface area contributed by atoms with E-state index in [0.717, 1.165) is 12.0 Å². The van der Waals surface area contributed by atoms with Gasteiger partial charge in [-0.15, -0.1) is 0 Å². The minimum atomic E-state index is -0.260. The first-order valence-corrected chi connectivity index (χ1v) is 7.13. The number of aromatic nitrogens is 2. The van der Waals surface area contributed by atoms with Crippen LogP contribution in [0.25, 0.3) is 11.4 Å². The van der Waals surface area contributed by atoms with E-state index in [9.17, 15) is 4.79 Å². The Hall–Kier alpha value is -2.63. The number of nitrogens with two attached hydrogens (primary N) is 1. The Bertz CT molecular complexity index is 673. The van der Waals surface area contributed by atoms with Gasteiger partial charge in [-0.05, 0) is 25.5 Å². The molecule has 0 saturated carbocycles. The molecule has 1 amide bonds. The number of benzene rings is 1.